The molecule has 0 bridgehead atoms. The summed E-state index contributed by atoms with van der Waals surface area (Å²) in [6.45, 7) is 2.52. The Labute approximate surface area is 247 Å². The molecule has 2 atom stereocenters. The van der Waals surface area contributed by atoms with E-state index in [9.17, 15) is 28.2 Å². The van der Waals surface area contributed by atoms with Gasteiger partial charge in [0, 0.05) is 0 Å². The SMILES string of the molecule is CCCCCCCCCCCCOS(=O)(=O)c1ccccc1.O=C([O-])C(O)C(O)C(=O)[O-].[Na+].[Na+]. The molecule has 0 aromatic heterocycles. The first kappa shape index (κ1) is 38.5. The van der Waals surface area contributed by atoms with Crippen LogP contribution >= 0.6 is 0 Å². The zero-order valence-corrected chi connectivity index (χ0v) is 25.3. The minimum Gasteiger partial charge on any atom is -0.547 e. The van der Waals surface area contributed by atoms with E-state index in [2.05, 4.69) is 6.92 Å². The van der Waals surface area contributed by atoms with E-state index in [1.807, 2.05) is 0 Å². The number of carboxylic acid groups (broad SMARTS) is 2. The predicted octanol–water partition coefficient (Wildman–Crippen LogP) is -5.47. The van der Waals surface area contributed by atoms with Crippen LogP contribution in [0.2, 0.25) is 0 Å². The Bertz CT molecular complexity index is 728. The molecule has 9 nitrogen and oxygen atoms in total. The number of hydrogen-bond acceptors (Lipinski definition) is 9. The van der Waals surface area contributed by atoms with Gasteiger partial charge in [0.15, 0.2) is 0 Å². The first-order valence-electron chi connectivity index (χ1n) is 10.9. The summed E-state index contributed by atoms with van der Waals surface area (Å²) in [5.74, 6) is -4.12. The van der Waals surface area contributed by atoms with Gasteiger partial charge in [0.05, 0.1) is 23.4 Å². The largest absolute Gasteiger partial charge is 1.00 e. The summed E-state index contributed by atoms with van der Waals surface area (Å²) in [7, 11) is -3.57. The predicted molar refractivity (Wildman–Crippen MR) is 113 cm³/mol. The van der Waals surface area contributed by atoms with Crippen molar-refractivity contribution in [2.75, 3.05) is 6.61 Å². The number of benzene rings is 1. The normalized spacial score (nSPS) is 12.2. The van der Waals surface area contributed by atoms with Crippen molar-refractivity contribution >= 4 is 22.1 Å². The van der Waals surface area contributed by atoms with Gasteiger partial charge in [0.2, 0.25) is 0 Å². The third kappa shape index (κ3) is 19.2. The summed E-state index contributed by atoms with van der Waals surface area (Å²) >= 11 is 0. The van der Waals surface area contributed by atoms with E-state index in [0.29, 0.717) is 0 Å². The van der Waals surface area contributed by atoms with Gasteiger partial charge in [-0.1, -0.05) is 82.9 Å². The summed E-state index contributed by atoms with van der Waals surface area (Å²) in [5.41, 5.74) is 0. The number of aliphatic hydroxyl groups excluding tert-OH is 2. The summed E-state index contributed by atoms with van der Waals surface area (Å²) in [5, 5.41) is 35.7. The Morgan fingerprint density at radius 2 is 1.18 bits per heavy atom. The Morgan fingerprint density at radius 3 is 1.56 bits per heavy atom. The van der Waals surface area contributed by atoms with Gasteiger partial charge in [-0.15, -0.1) is 0 Å². The maximum absolute atomic E-state index is 11.9. The quantitative estimate of drug-likeness (QED) is 0.123. The van der Waals surface area contributed by atoms with Crippen molar-refractivity contribution in [1.82, 2.24) is 0 Å². The van der Waals surface area contributed by atoms with E-state index in [4.69, 9.17) is 14.4 Å². The molecule has 1 aromatic rings. The molecule has 0 saturated carbocycles. The molecular weight excluding hydrogens is 486 g/mol. The van der Waals surface area contributed by atoms with Crippen LogP contribution in [0.1, 0.15) is 71.1 Å². The zero-order valence-electron chi connectivity index (χ0n) is 20.5. The van der Waals surface area contributed by atoms with Gasteiger partial charge in [0.1, 0.15) is 12.2 Å². The number of rotatable bonds is 16. The number of aliphatic hydroxyl groups is 2. The number of hydrogen-bond donors (Lipinski definition) is 2. The Balaban J connectivity index is -0.000000685. The minimum atomic E-state index is -3.57. The fourth-order valence-corrected chi connectivity index (χ4v) is 3.63. The third-order valence-electron chi connectivity index (χ3n) is 4.55. The van der Waals surface area contributed by atoms with Crippen molar-refractivity contribution in [3.8, 4) is 0 Å². The van der Waals surface area contributed by atoms with Crippen LogP contribution in [0.3, 0.4) is 0 Å². The Kier molecular flexibility index (Phi) is 26.5. The van der Waals surface area contributed by atoms with Crippen LogP contribution in [0.4, 0.5) is 0 Å². The van der Waals surface area contributed by atoms with Crippen LogP contribution in [-0.4, -0.2) is 49.4 Å². The van der Waals surface area contributed by atoms with E-state index >= 15 is 0 Å². The average Bonchev–Trinajstić information content (AvgIpc) is 2.77. The van der Waals surface area contributed by atoms with Crippen LogP contribution in [0, 0.1) is 0 Å². The summed E-state index contributed by atoms with van der Waals surface area (Å²) in [6, 6.07) is 8.33. The Morgan fingerprint density at radius 1 is 0.794 bits per heavy atom. The second-order valence-electron chi connectivity index (χ2n) is 7.30. The first-order chi connectivity index (χ1) is 15.1. The molecule has 184 valence electrons. The van der Waals surface area contributed by atoms with Crippen LogP contribution in [0.5, 0.6) is 0 Å². The van der Waals surface area contributed by atoms with Crippen LogP contribution in [-0.2, 0) is 23.9 Å². The number of carbonyl (C=O) groups is 2. The molecule has 2 N–H and O–H groups in total. The third-order valence-corrected chi connectivity index (χ3v) is 5.88. The van der Waals surface area contributed by atoms with Gasteiger partial charge in [-0.25, -0.2) is 0 Å². The molecule has 12 heteroatoms. The summed E-state index contributed by atoms with van der Waals surface area (Å²) in [4.78, 5) is 19.5. The van der Waals surface area contributed by atoms with Gasteiger partial charge in [-0.3, -0.25) is 4.18 Å². The second kappa shape index (κ2) is 23.4. The van der Waals surface area contributed by atoms with Gasteiger partial charge in [0.25, 0.3) is 10.1 Å². The van der Waals surface area contributed by atoms with Gasteiger partial charge < -0.3 is 30.0 Å². The van der Waals surface area contributed by atoms with Crippen LogP contribution < -0.4 is 69.3 Å². The van der Waals surface area contributed by atoms with Crippen LogP contribution in [0.25, 0.3) is 0 Å². The average molecular weight is 521 g/mol. The Hall–Kier alpha value is -0.0100. The van der Waals surface area contributed by atoms with Crippen molar-refractivity contribution in [1.29, 1.82) is 0 Å². The van der Waals surface area contributed by atoms with Crippen molar-refractivity contribution < 1.29 is 102 Å². The number of unbranched alkanes of at least 4 members (excludes halogenated alkanes) is 9. The van der Waals surface area contributed by atoms with E-state index in [1.165, 1.54) is 51.4 Å². The molecule has 0 radical (unpaired) electrons. The van der Waals surface area contributed by atoms with Crippen LogP contribution in [0.15, 0.2) is 35.2 Å². The molecule has 0 saturated heterocycles. The fourth-order valence-electron chi connectivity index (χ4n) is 2.67. The molecular formula is C22H34Na2O9S. The first-order valence-corrected chi connectivity index (χ1v) is 12.3. The minimum absolute atomic E-state index is 0. The van der Waals surface area contributed by atoms with Gasteiger partial charge in [-0.2, -0.15) is 8.42 Å². The van der Waals surface area contributed by atoms with Crippen molar-refractivity contribution in [2.45, 2.75) is 88.2 Å². The maximum Gasteiger partial charge on any atom is 1.00 e. The smallest absolute Gasteiger partial charge is 0.547 e. The standard InChI is InChI=1S/C18H30O3S.C4H6O6.2Na/c1-2-3-4-5-6-7-8-9-10-14-17-21-22(19,20)18-15-12-11-13-16-18;5-1(3(7)8)2(6)4(9)10;;/h11-13,15-16H,2-10,14,17H2,1H3;1-2,5-6H,(H,7,8)(H,9,10);;/q;;2*+1/p-2. The molecule has 34 heavy (non-hydrogen) atoms. The topological polar surface area (TPSA) is 164 Å². The molecule has 0 fully saturated rings. The summed E-state index contributed by atoms with van der Waals surface area (Å²) < 4.78 is 28.8. The maximum atomic E-state index is 11.9. The van der Waals surface area contributed by atoms with Gasteiger partial charge >= 0.3 is 59.1 Å². The van der Waals surface area contributed by atoms with E-state index in [1.54, 1.807) is 30.3 Å². The molecule has 0 aliphatic heterocycles. The monoisotopic (exact) mass is 520 g/mol. The number of carboxylic acids is 2. The summed E-state index contributed by atoms with van der Waals surface area (Å²) in [6.07, 6.45) is 7.38. The molecule has 1 aromatic carbocycles. The molecule has 0 amide bonds. The molecule has 0 heterocycles. The van der Waals surface area contributed by atoms with E-state index in [-0.39, 0.29) is 70.6 Å². The molecule has 2 unspecified atom stereocenters. The molecule has 1 rings (SSSR count). The van der Waals surface area contributed by atoms with Crippen molar-refractivity contribution in [3.63, 3.8) is 0 Å². The molecule has 0 aliphatic rings. The van der Waals surface area contributed by atoms with Crippen molar-refractivity contribution in [3.05, 3.63) is 30.3 Å². The number of carbonyl (C=O) groups excluding carboxylic acids is 2. The number of aliphatic carboxylic acids is 2. The van der Waals surface area contributed by atoms with Gasteiger partial charge in [-0.05, 0) is 18.6 Å². The zero-order chi connectivity index (χ0) is 24.4. The van der Waals surface area contributed by atoms with Crippen molar-refractivity contribution in [2.24, 2.45) is 0 Å². The van der Waals surface area contributed by atoms with E-state index < -0.39 is 34.3 Å². The molecule has 0 spiro atoms. The van der Waals surface area contributed by atoms with E-state index in [0.717, 1.165) is 12.8 Å². The fraction of sp³-hybridized carbons (Fsp3) is 0.636. The second-order valence-corrected chi connectivity index (χ2v) is 8.91. The molecule has 0 aliphatic carbocycles.